The predicted octanol–water partition coefficient (Wildman–Crippen LogP) is 6.46. The molecule has 1 fully saturated rings. The number of likely N-dealkylation sites (N-methyl/N-ethyl adjacent to an activating group) is 1. The number of halogens is 1. The Kier molecular flexibility index (Phi) is 9.97. The maximum Gasteiger partial charge on any atom is 0.410 e. The van der Waals surface area contributed by atoms with E-state index < -0.39 is 0 Å². The molecule has 0 N–H and O–H groups in total. The molecular weight excluding hydrogens is 597 g/mol. The van der Waals surface area contributed by atoms with E-state index in [4.69, 9.17) is 9.47 Å². The Hall–Kier alpha value is -4.96. The van der Waals surface area contributed by atoms with Gasteiger partial charge < -0.3 is 28.4 Å². The lowest BCUT2D eigenvalue weighted by atomic mass is 9.97. The van der Waals surface area contributed by atoms with E-state index in [1.165, 1.54) is 12.1 Å². The Labute approximate surface area is 274 Å². The van der Waals surface area contributed by atoms with E-state index in [9.17, 15) is 14.0 Å². The van der Waals surface area contributed by atoms with Crippen LogP contribution in [0.4, 0.5) is 9.18 Å². The standard InChI is InChI=1S/C37H40FN5O4/c1-40(18-19-46-2)36(44)35-24-41(23-34(35)33-9-5-7-29-6-3-4-8-32(29)33)22-31-20-39-26-43(31)21-27-14-16-42(17-15-27)37(45)47-25-28-10-12-30(38)13-11-28/h3-13,20,23-24,26-27H,14-19,21-22,25H2,1-2H3. The van der Waals surface area contributed by atoms with Crippen molar-refractivity contribution in [2.24, 2.45) is 5.92 Å². The van der Waals surface area contributed by atoms with Gasteiger partial charge >= 0.3 is 6.09 Å². The zero-order valence-electron chi connectivity index (χ0n) is 26.8. The molecule has 2 aromatic heterocycles. The molecule has 2 amide bonds. The van der Waals surface area contributed by atoms with E-state index in [0.717, 1.165) is 52.5 Å². The Morgan fingerprint density at radius 2 is 1.74 bits per heavy atom. The second kappa shape index (κ2) is 14.6. The number of nitrogens with zero attached hydrogens (tertiary/aromatic N) is 5. The van der Waals surface area contributed by atoms with Gasteiger partial charge in [-0.1, -0.05) is 54.6 Å². The van der Waals surface area contributed by atoms with Gasteiger partial charge in [-0.15, -0.1) is 0 Å². The number of benzene rings is 3. The SMILES string of the molecule is COCCN(C)C(=O)c1cn(Cc2cncn2CC2CCN(C(=O)OCc3ccc(F)cc3)CC2)cc1-c1cccc2ccccc12. The van der Waals surface area contributed by atoms with Crippen molar-refractivity contribution in [3.63, 3.8) is 0 Å². The lowest BCUT2D eigenvalue weighted by Gasteiger charge is -2.31. The number of likely N-dealkylation sites (tertiary alicyclic amines) is 1. The number of methoxy groups -OCH3 is 1. The smallest absolute Gasteiger partial charge is 0.410 e. The number of hydrogen-bond donors (Lipinski definition) is 0. The average molecular weight is 638 g/mol. The van der Waals surface area contributed by atoms with Crippen molar-refractivity contribution in [3.05, 3.63) is 114 Å². The van der Waals surface area contributed by atoms with Gasteiger partial charge in [-0.3, -0.25) is 4.79 Å². The van der Waals surface area contributed by atoms with Gasteiger partial charge in [0.2, 0.25) is 0 Å². The van der Waals surface area contributed by atoms with Gasteiger partial charge in [-0.05, 0) is 52.8 Å². The molecule has 0 bridgehead atoms. The maximum absolute atomic E-state index is 13.7. The minimum atomic E-state index is -0.344. The number of amides is 2. The lowest BCUT2D eigenvalue weighted by molar-refractivity contribution is 0.0744. The molecule has 47 heavy (non-hydrogen) atoms. The van der Waals surface area contributed by atoms with E-state index in [1.807, 2.05) is 36.9 Å². The summed E-state index contributed by atoms with van der Waals surface area (Å²) in [6.45, 7) is 3.65. The highest BCUT2D eigenvalue weighted by atomic mass is 19.1. The zero-order valence-corrected chi connectivity index (χ0v) is 26.8. The van der Waals surface area contributed by atoms with E-state index in [2.05, 4.69) is 44.6 Å². The second-order valence-corrected chi connectivity index (χ2v) is 12.2. The summed E-state index contributed by atoms with van der Waals surface area (Å²) in [5, 5.41) is 2.21. The molecule has 0 unspecified atom stereocenters. The normalized spacial score (nSPS) is 13.6. The first-order chi connectivity index (χ1) is 22.9. The van der Waals surface area contributed by atoms with Gasteiger partial charge in [0.1, 0.15) is 12.4 Å². The minimum absolute atomic E-state index is 0.0554. The highest BCUT2D eigenvalue weighted by Crippen LogP contribution is 2.33. The third-order valence-corrected chi connectivity index (χ3v) is 8.91. The number of hydrogen-bond acceptors (Lipinski definition) is 5. The van der Waals surface area contributed by atoms with Crippen LogP contribution in [0.1, 0.15) is 34.5 Å². The van der Waals surface area contributed by atoms with Crippen molar-refractivity contribution in [1.29, 1.82) is 0 Å². The van der Waals surface area contributed by atoms with Gasteiger partial charge in [0, 0.05) is 64.5 Å². The molecule has 0 spiro atoms. The number of imidazole rings is 1. The van der Waals surface area contributed by atoms with Crippen molar-refractivity contribution in [3.8, 4) is 11.1 Å². The first kappa shape index (κ1) is 32.0. The molecule has 0 atom stereocenters. The predicted molar refractivity (Wildman–Crippen MR) is 178 cm³/mol. The first-order valence-corrected chi connectivity index (χ1v) is 16.0. The fraction of sp³-hybridized carbons (Fsp3) is 0.324. The van der Waals surface area contributed by atoms with Crippen LogP contribution in [0, 0.1) is 11.7 Å². The summed E-state index contributed by atoms with van der Waals surface area (Å²) in [4.78, 5) is 34.3. The molecule has 5 aromatic rings. The molecule has 6 rings (SSSR count). The van der Waals surface area contributed by atoms with E-state index in [1.54, 1.807) is 36.1 Å². The number of rotatable bonds is 11. The van der Waals surface area contributed by atoms with Crippen LogP contribution in [-0.4, -0.2) is 76.3 Å². The molecule has 9 nitrogen and oxygen atoms in total. The second-order valence-electron chi connectivity index (χ2n) is 12.2. The Morgan fingerprint density at radius 1 is 0.979 bits per heavy atom. The highest BCUT2D eigenvalue weighted by Gasteiger charge is 2.25. The Morgan fingerprint density at radius 3 is 2.53 bits per heavy atom. The minimum Gasteiger partial charge on any atom is -0.445 e. The number of carbonyl (C=O) groups is 2. The fourth-order valence-corrected chi connectivity index (χ4v) is 6.20. The van der Waals surface area contributed by atoms with Crippen molar-refractivity contribution in [2.75, 3.05) is 40.4 Å². The van der Waals surface area contributed by atoms with E-state index in [0.29, 0.717) is 44.3 Å². The first-order valence-electron chi connectivity index (χ1n) is 16.0. The molecule has 3 aromatic carbocycles. The topological polar surface area (TPSA) is 81.8 Å². The summed E-state index contributed by atoms with van der Waals surface area (Å²) in [5.74, 6) is 0.00963. The molecule has 3 heterocycles. The van der Waals surface area contributed by atoms with Crippen molar-refractivity contribution >= 4 is 22.8 Å². The van der Waals surface area contributed by atoms with Gasteiger partial charge in [0.25, 0.3) is 5.91 Å². The van der Waals surface area contributed by atoms with Crippen molar-refractivity contribution in [1.82, 2.24) is 23.9 Å². The molecule has 1 aliphatic rings. The number of piperidine rings is 1. The molecule has 0 aliphatic carbocycles. The van der Waals surface area contributed by atoms with Crippen LogP contribution in [0.2, 0.25) is 0 Å². The Balaban J connectivity index is 1.14. The summed E-state index contributed by atoms with van der Waals surface area (Å²) < 4.78 is 28.1. The van der Waals surface area contributed by atoms with Crippen LogP contribution in [0.5, 0.6) is 0 Å². The summed E-state index contributed by atoms with van der Waals surface area (Å²) >= 11 is 0. The molecule has 1 saturated heterocycles. The van der Waals surface area contributed by atoms with Crippen molar-refractivity contribution < 1.29 is 23.5 Å². The third kappa shape index (κ3) is 7.55. The molecule has 0 radical (unpaired) electrons. The summed E-state index contributed by atoms with van der Waals surface area (Å²) in [6.07, 6.45) is 9.10. The van der Waals surface area contributed by atoms with Crippen LogP contribution in [-0.2, 0) is 29.2 Å². The summed E-state index contributed by atoms with van der Waals surface area (Å²) in [7, 11) is 3.44. The zero-order chi connectivity index (χ0) is 32.8. The van der Waals surface area contributed by atoms with Gasteiger partial charge in [0.05, 0.1) is 30.7 Å². The van der Waals surface area contributed by atoms with Crippen LogP contribution in [0.3, 0.4) is 0 Å². The van der Waals surface area contributed by atoms with Crippen LogP contribution < -0.4 is 0 Å². The average Bonchev–Trinajstić information content (AvgIpc) is 3.73. The highest BCUT2D eigenvalue weighted by molar-refractivity contribution is 6.06. The van der Waals surface area contributed by atoms with Gasteiger partial charge in [0.15, 0.2) is 0 Å². The Bertz CT molecular complexity index is 1820. The number of fused-ring (bicyclic) bond motifs is 1. The molecule has 10 heteroatoms. The quantitative estimate of drug-likeness (QED) is 0.166. The van der Waals surface area contributed by atoms with E-state index >= 15 is 0 Å². The summed E-state index contributed by atoms with van der Waals surface area (Å²) in [5.41, 5.74) is 4.34. The third-order valence-electron chi connectivity index (χ3n) is 8.91. The number of aromatic nitrogens is 3. The maximum atomic E-state index is 13.7. The van der Waals surface area contributed by atoms with Crippen LogP contribution in [0.15, 0.2) is 91.6 Å². The van der Waals surface area contributed by atoms with E-state index in [-0.39, 0.29) is 24.4 Å². The molecular formula is C37H40FN5O4. The van der Waals surface area contributed by atoms with Crippen LogP contribution >= 0.6 is 0 Å². The van der Waals surface area contributed by atoms with Gasteiger partial charge in [-0.25, -0.2) is 14.2 Å². The molecule has 244 valence electrons. The lowest BCUT2D eigenvalue weighted by Crippen LogP contribution is -2.39. The molecule has 0 saturated carbocycles. The monoisotopic (exact) mass is 637 g/mol. The van der Waals surface area contributed by atoms with Crippen molar-refractivity contribution in [2.45, 2.75) is 32.5 Å². The number of carbonyl (C=O) groups excluding carboxylic acids is 2. The number of ether oxygens (including phenoxy) is 2. The largest absolute Gasteiger partial charge is 0.445 e. The van der Waals surface area contributed by atoms with Gasteiger partial charge in [-0.2, -0.15) is 0 Å². The molecule has 1 aliphatic heterocycles. The fourth-order valence-electron chi connectivity index (χ4n) is 6.20. The van der Waals surface area contributed by atoms with Crippen LogP contribution in [0.25, 0.3) is 21.9 Å². The summed E-state index contributed by atoms with van der Waals surface area (Å²) in [6, 6.07) is 20.4.